The fourth-order valence-corrected chi connectivity index (χ4v) is 2.00. The third-order valence-electron chi connectivity index (χ3n) is 2.43. The van der Waals surface area contributed by atoms with E-state index in [1.807, 2.05) is 6.92 Å². The van der Waals surface area contributed by atoms with Crippen molar-refractivity contribution < 1.29 is 4.39 Å². The first-order valence-corrected chi connectivity index (χ1v) is 6.52. The predicted octanol–water partition coefficient (Wildman–Crippen LogP) is 3.06. The van der Waals surface area contributed by atoms with Gasteiger partial charge in [0.2, 0.25) is 0 Å². The van der Waals surface area contributed by atoms with Gasteiger partial charge in [-0.05, 0) is 40.5 Å². The predicted molar refractivity (Wildman–Crippen MR) is 80.0 cm³/mol. The van der Waals surface area contributed by atoms with Crippen molar-refractivity contribution in [1.29, 1.82) is 0 Å². The molecular weight excluding hydrogens is 331 g/mol. The van der Waals surface area contributed by atoms with Crippen LogP contribution in [0.3, 0.4) is 0 Å². The largest absolute Gasteiger partial charge is 0.388 e. The SMILES string of the molecule is Cc1cc(Br)c(F)cc1Nc1cnc(C(N)=S)cn1. The van der Waals surface area contributed by atoms with Crippen molar-refractivity contribution in [2.24, 2.45) is 5.73 Å². The maximum absolute atomic E-state index is 13.5. The van der Waals surface area contributed by atoms with Crippen LogP contribution in [0, 0.1) is 12.7 Å². The summed E-state index contributed by atoms with van der Waals surface area (Å²) in [5.41, 5.74) is 7.38. The Balaban J connectivity index is 2.26. The lowest BCUT2D eigenvalue weighted by molar-refractivity contribution is 0.621. The summed E-state index contributed by atoms with van der Waals surface area (Å²) in [6.45, 7) is 1.86. The van der Waals surface area contributed by atoms with Crippen LogP contribution in [-0.4, -0.2) is 15.0 Å². The first-order valence-electron chi connectivity index (χ1n) is 5.32. The molecule has 7 heteroatoms. The van der Waals surface area contributed by atoms with Crippen molar-refractivity contribution in [1.82, 2.24) is 9.97 Å². The normalized spacial score (nSPS) is 10.3. The number of thiocarbonyl (C=S) groups is 1. The van der Waals surface area contributed by atoms with Gasteiger partial charge >= 0.3 is 0 Å². The lowest BCUT2D eigenvalue weighted by Gasteiger charge is -2.09. The Kier molecular flexibility index (Phi) is 4.06. The Bertz CT molecular complexity index is 630. The second-order valence-electron chi connectivity index (χ2n) is 3.86. The van der Waals surface area contributed by atoms with E-state index < -0.39 is 0 Å². The molecule has 19 heavy (non-hydrogen) atoms. The first-order chi connectivity index (χ1) is 8.97. The van der Waals surface area contributed by atoms with Gasteiger partial charge < -0.3 is 11.1 Å². The molecule has 0 aliphatic rings. The van der Waals surface area contributed by atoms with Gasteiger partial charge in [0, 0.05) is 5.69 Å². The summed E-state index contributed by atoms with van der Waals surface area (Å²) in [6, 6.07) is 3.08. The minimum atomic E-state index is -0.346. The summed E-state index contributed by atoms with van der Waals surface area (Å²) in [5, 5.41) is 2.99. The van der Waals surface area contributed by atoms with Crippen LogP contribution >= 0.6 is 28.1 Å². The summed E-state index contributed by atoms with van der Waals surface area (Å²) < 4.78 is 13.9. The van der Waals surface area contributed by atoms with Gasteiger partial charge in [0.25, 0.3) is 0 Å². The van der Waals surface area contributed by atoms with Crippen LogP contribution in [0.1, 0.15) is 11.3 Å². The lowest BCUT2D eigenvalue weighted by atomic mass is 10.2. The molecule has 0 amide bonds. The van der Waals surface area contributed by atoms with Gasteiger partial charge in [-0.25, -0.2) is 14.4 Å². The van der Waals surface area contributed by atoms with Crippen molar-refractivity contribution in [3.05, 3.63) is 46.1 Å². The molecule has 0 aliphatic heterocycles. The second-order valence-corrected chi connectivity index (χ2v) is 5.15. The number of nitrogens with zero attached hydrogens (tertiary/aromatic N) is 2. The molecule has 98 valence electrons. The Morgan fingerprint density at radius 1 is 1.37 bits per heavy atom. The Morgan fingerprint density at radius 2 is 2.11 bits per heavy atom. The summed E-state index contributed by atoms with van der Waals surface area (Å²) in [7, 11) is 0. The summed E-state index contributed by atoms with van der Waals surface area (Å²) >= 11 is 7.92. The highest BCUT2D eigenvalue weighted by Gasteiger charge is 2.07. The zero-order valence-corrected chi connectivity index (χ0v) is 12.3. The molecule has 1 heterocycles. The number of hydrogen-bond donors (Lipinski definition) is 2. The van der Waals surface area contributed by atoms with Gasteiger partial charge in [0.1, 0.15) is 22.3 Å². The van der Waals surface area contributed by atoms with Crippen molar-refractivity contribution in [3.8, 4) is 0 Å². The topological polar surface area (TPSA) is 63.8 Å². The Morgan fingerprint density at radius 3 is 2.68 bits per heavy atom. The zero-order chi connectivity index (χ0) is 14.0. The highest BCUT2D eigenvalue weighted by atomic mass is 79.9. The third-order valence-corrected chi connectivity index (χ3v) is 3.25. The van der Waals surface area contributed by atoms with Crippen LogP contribution in [-0.2, 0) is 0 Å². The van der Waals surface area contributed by atoms with E-state index in [1.54, 1.807) is 6.07 Å². The number of benzene rings is 1. The molecule has 1 aromatic carbocycles. The van der Waals surface area contributed by atoms with Crippen molar-refractivity contribution in [3.63, 3.8) is 0 Å². The molecule has 2 aromatic rings. The van der Waals surface area contributed by atoms with Gasteiger partial charge in [-0.1, -0.05) is 12.2 Å². The minimum Gasteiger partial charge on any atom is -0.388 e. The number of halogens is 2. The summed E-state index contributed by atoms with van der Waals surface area (Å²) in [5.74, 6) is 0.144. The van der Waals surface area contributed by atoms with Gasteiger partial charge in [-0.15, -0.1) is 0 Å². The van der Waals surface area contributed by atoms with E-state index in [2.05, 4.69) is 31.2 Å². The van der Waals surface area contributed by atoms with E-state index in [0.29, 0.717) is 21.7 Å². The van der Waals surface area contributed by atoms with E-state index in [0.717, 1.165) is 5.56 Å². The number of anilines is 2. The first kappa shape index (κ1) is 13.8. The molecule has 0 aliphatic carbocycles. The fourth-order valence-electron chi connectivity index (χ4n) is 1.44. The quantitative estimate of drug-likeness (QED) is 0.840. The molecule has 3 N–H and O–H groups in total. The number of nitrogens with two attached hydrogens (primary N) is 1. The maximum atomic E-state index is 13.5. The van der Waals surface area contributed by atoms with E-state index in [4.69, 9.17) is 18.0 Å². The van der Waals surface area contributed by atoms with Crippen molar-refractivity contribution in [2.75, 3.05) is 5.32 Å². The molecule has 0 unspecified atom stereocenters. The van der Waals surface area contributed by atoms with E-state index in [1.165, 1.54) is 18.5 Å². The fraction of sp³-hybridized carbons (Fsp3) is 0.0833. The Hall–Kier alpha value is -1.60. The van der Waals surface area contributed by atoms with Crippen LogP contribution in [0.2, 0.25) is 0 Å². The van der Waals surface area contributed by atoms with Crippen molar-refractivity contribution >= 4 is 44.6 Å². The highest BCUT2D eigenvalue weighted by Crippen LogP contribution is 2.25. The average molecular weight is 341 g/mol. The summed E-state index contributed by atoms with van der Waals surface area (Å²) in [4.78, 5) is 8.35. The van der Waals surface area contributed by atoms with Gasteiger partial charge in [-0.3, -0.25) is 0 Å². The molecule has 0 bridgehead atoms. The molecule has 4 nitrogen and oxygen atoms in total. The highest BCUT2D eigenvalue weighted by molar-refractivity contribution is 9.10. The van der Waals surface area contributed by atoms with E-state index >= 15 is 0 Å². The standard InChI is InChI=1S/C12H10BrFN4S/c1-6-2-7(13)8(14)3-9(6)18-11-5-16-10(4-17-11)12(15)19/h2-5H,1H3,(H2,15,19)(H,17,18). The van der Waals surface area contributed by atoms with Crippen LogP contribution in [0.15, 0.2) is 29.0 Å². The molecule has 1 aromatic heterocycles. The molecule has 0 atom stereocenters. The smallest absolute Gasteiger partial charge is 0.148 e. The van der Waals surface area contributed by atoms with E-state index in [9.17, 15) is 4.39 Å². The van der Waals surface area contributed by atoms with Crippen molar-refractivity contribution in [2.45, 2.75) is 6.92 Å². The maximum Gasteiger partial charge on any atom is 0.148 e. The van der Waals surface area contributed by atoms with Crippen LogP contribution in [0.4, 0.5) is 15.9 Å². The minimum absolute atomic E-state index is 0.185. The van der Waals surface area contributed by atoms with Gasteiger partial charge in [0.05, 0.1) is 16.9 Å². The number of aromatic nitrogens is 2. The van der Waals surface area contributed by atoms with E-state index in [-0.39, 0.29) is 10.8 Å². The van der Waals surface area contributed by atoms with Gasteiger partial charge in [-0.2, -0.15) is 0 Å². The average Bonchev–Trinajstić information content (AvgIpc) is 2.36. The zero-order valence-electron chi connectivity index (χ0n) is 9.95. The number of hydrogen-bond acceptors (Lipinski definition) is 4. The summed E-state index contributed by atoms with van der Waals surface area (Å²) in [6.07, 6.45) is 2.96. The third kappa shape index (κ3) is 3.24. The second kappa shape index (κ2) is 5.58. The van der Waals surface area contributed by atoms with Crippen LogP contribution in [0.5, 0.6) is 0 Å². The molecular formula is C12H10BrFN4S. The molecule has 0 radical (unpaired) electrons. The monoisotopic (exact) mass is 340 g/mol. The number of aryl methyl sites for hydroxylation is 1. The Labute approximate surface area is 123 Å². The molecule has 0 saturated carbocycles. The molecule has 2 rings (SSSR count). The molecule has 0 fully saturated rings. The molecule has 0 spiro atoms. The van der Waals surface area contributed by atoms with Gasteiger partial charge in [0.15, 0.2) is 0 Å². The molecule has 0 saturated heterocycles. The van der Waals surface area contributed by atoms with Crippen LogP contribution < -0.4 is 11.1 Å². The van der Waals surface area contributed by atoms with Crippen LogP contribution in [0.25, 0.3) is 0 Å². The lowest BCUT2D eigenvalue weighted by Crippen LogP contribution is -2.12. The number of rotatable bonds is 3. The number of nitrogens with one attached hydrogen (secondary N) is 1.